The first-order valence-corrected chi connectivity index (χ1v) is 7.29. The highest BCUT2D eigenvalue weighted by Crippen LogP contribution is 2.38. The Bertz CT molecular complexity index is 516. The van der Waals surface area contributed by atoms with E-state index in [4.69, 9.17) is 14.0 Å². The molecule has 5 heteroatoms. The molecular formula is C16H25BO4. The number of hydrogen-bond acceptors (Lipinski definition) is 4. The van der Waals surface area contributed by atoms with Crippen molar-refractivity contribution in [2.45, 2.75) is 65.3 Å². The molecule has 1 saturated heterocycles. The number of aromatic hydroxyl groups is 1. The van der Waals surface area contributed by atoms with Crippen molar-refractivity contribution in [3.8, 4) is 11.5 Å². The fourth-order valence-electron chi connectivity index (χ4n) is 2.12. The van der Waals surface area contributed by atoms with Gasteiger partial charge in [-0.3, -0.25) is 0 Å². The minimum absolute atomic E-state index is 0.0946. The highest BCUT2D eigenvalue weighted by molar-refractivity contribution is 6.63. The van der Waals surface area contributed by atoms with Gasteiger partial charge in [-0.15, -0.1) is 0 Å². The molecule has 1 aromatic carbocycles. The van der Waals surface area contributed by atoms with Gasteiger partial charge in [0.05, 0.1) is 11.2 Å². The summed E-state index contributed by atoms with van der Waals surface area (Å²) in [5, 5.41) is 10.1. The van der Waals surface area contributed by atoms with Gasteiger partial charge in [0, 0.05) is 5.46 Å². The van der Waals surface area contributed by atoms with Crippen LogP contribution in [0, 0.1) is 0 Å². The molecule has 0 unspecified atom stereocenters. The van der Waals surface area contributed by atoms with Crippen LogP contribution in [0.5, 0.6) is 11.5 Å². The Morgan fingerprint density at radius 1 is 1.05 bits per heavy atom. The highest BCUT2D eigenvalue weighted by Gasteiger charge is 2.52. The lowest BCUT2D eigenvalue weighted by atomic mass is 9.78. The molecule has 0 atom stereocenters. The predicted molar refractivity (Wildman–Crippen MR) is 84.2 cm³/mol. The summed E-state index contributed by atoms with van der Waals surface area (Å²) in [4.78, 5) is 0. The van der Waals surface area contributed by atoms with Gasteiger partial charge in [-0.25, -0.2) is 0 Å². The molecule has 0 radical (unpaired) electrons. The van der Waals surface area contributed by atoms with Crippen LogP contribution >= 0.6 is 0 Å². The fourth-order valence-corrected chi connectivity index (χ4v) is 2.12. The van der Waals surface area contributed by atoms with Crippen molar-refractivity contribution in [1.82, 2.24) is 0 Å². The van der Waals surface area contributed by atoms with Gasteiger partial charge < -0.3 is 19.2 Å². The van der Waals surface area contributed by atoms with Gasteiger partial charge >= 0.3 is 7.12 Å². The molecule has 0 aliphatic carbocycles. The van der Waals surface area contributed by atoms with E-state index in [9.17, 15) is 5.11 Å². The third-order valence-electron chi connectivity index (χ3n) is 3.94. The Kier molecular flexibility index (Phi) is 3.79. The van der Waals surface area contributed by atoms with E-state index in [1.54, 1.807) is 12.1 Å². The molecule has 0 spiro atoms. The first kappa shape index (κ1) is 16.2. The molecule has 0 saturated carbocycles. The molecule has 4 nitrogen and oxygen atoms in total. The van der Waals surface area contributed by atoms with Gasteiger partial charge in [0.25, 0.3) is 0 Å². The van der Waals surface area contributed by atoms with Crippen LogP contribution < -0.4 is 10.2 Å². The van der Waals surface area contributed by atoms with Gasteiger partial charge in [0.1, 0.15) is 5.60 Å². The van der Waals surface area contributed by atoms with Crippen LogP contribution in [0.1, 0.15) is 48.5 Å². The normalized spacial score (nSPS) is 20.6. The summed E-state index contributed by atoms with van der Waals surface area (Å²) in [7, 11) is -0.556. The zero-order valence-electron chi connectivity index (χ0n) is 14.0. The molecule has 0 amide bonds. The second-order valence-corrected chi connectivity index (χ2v) is 7.50. The zero-order chi connectivity index (χ0) is 16.1. The van der Waals surface area contributed by atoms with Crippen LogP contribution in [0.4, 0.5) is 0 Å². The molecule has 1 N–H and O–H groups in total. The Morgan fingerprint density at radius 3 is 2.05 bits per heavy atom. The molecule has 0 bridgehead atoms. The largest absolute Gasteiger partial charge is 0.504 e. The first-order chi connectivity index (χ1) is 9.43. The predicted octanol–water partition coefficient (Wildman–Crippen LogP) is 2.87. The van der Waals surface area contributed by atoms with E-state index in [2.05, 4.69) is 0 Å². The number of benzene rings is 1. The summed E-state index contributed by atoms with van der Waals surface area (Å²) < 4.78 is 18.0. The molecule has 2 rings (SSSR count). The van der Waals surface area contributed by atoms with Gasteiger partial charge in [-0.1, -0.05) is 12.1 Å². The Hall–Kier alpha value is -1.20. The first-order valence-electron chi connectivity index (χ1n) is 7.29. The summed E-state index contributed by atoms with van der Waals surface area (Å²) in [6.07, 6.45) is 0. The monoisotopic (exact) mass is 292 g/mol. The van der Waals surface area contributed by atoms with Crippen LogP contribution in [-0.4, -0.2) is 29.0 Å². The van der Waals surface area contributed by atoms with Crippen molar-refractivity contribution in [1.29, 1.82) is 0 Å². The van der Waals surface area contributed by atoms with E-state index < -0.39 is 23.9 Å². The minimum Gasteiger partial charge on any atom is -0.504 e. The van der Waals surface area contributed by atoms with Crippen molar-refractivity contribution in [3.05, 3.63) is 18.2 Å². The van der Waals surface area contributed by atoms with Crippen LogP contribution in [0.3, 0.4) is 0 Å². The summed E-state index contributed by atoms with van der Waals surface area (Å²) in [6.45, 7) is 13.8. The maximum Gasteiger partial charge on any atom is 0.498 e. The smallest absolute Gasteiger partial charge is 0.498 e. The van der Waals surface area contributed by atoms with Crippen molar-refractivity contribution in [3.63, 3.8) is 0 Å². The standard InChI is InChI=1S/C16H25BO4/c1-14(2,3)19-13-11(9-8-10-12(13)18)17-20-15(4,5)16(6,7)21-17/h8-10,18H,1-7H3. The molecule has 1 aliphatic heterocycles. The molecule has 1 heterocycles. The van der Waals surface area contributed by atoms with Gasteiger partial charge in [0.15, 0.2) is 11.5 Å². The summed E-state index contributed by atoms with van der Waals surface area (Å²) in [5.41, 5.74) is -0.565. The maximum atomic E-state index is 10.1. The van der Waals surface area contributed by atoms with Crippen molar-refractivity contribution in [2.24, 2.45) is 0 Å². The van der Waals surface area contributed by atoms with Crippen LogP contribution in [0.25, 0.3) is 0 Å². The third-order valence-corrected chi connectivity index (χ3v) is 3.94. The number of hydrogen-bond donors (Lipinski definition) is 1. The third kappa shape index (κ3) is 3.19. The second kappa shape index (κ2) is 4.92. The number of para-hydroxylation sites is 1. The van der Waals surface area contributed by atoms with Crippen LogP contribution in [-0.2, 0) is 9.31 Å². The van der Waals surface area contributed by atoms with E-state index in [0.717, 1.165) is 0 Å². The van der Waals surface area contributed by atoms with Crippen molar-refractivity contribution >= 4 is 12.6 Å². The summed E-state index contributed by atoms with van der Waals surface area (Å²) >= 11 is 0. The van der Waals surface area contributed by atoms with Crippen molar-refractivity contribution in [2.75, 3.05) is 0 Å². The van der Waals surface area contributed by atoms with E-state index >= 15 is 0 Å². The molecule has 1 aliphatic rings. The number of rotatable bonds is 2. The Morgan fingerprint density at radius 2 is 1.57 bits per heavy atom. The molecule has 116 valence electrons. The second-order valence-electron chi connectivity index (χ2n) is 7.50. The molecule has 1 aromatic rings. The number of phenolic OH excluding ortho intramolecular Hbond substituents is 1. The van der Waals surface area contributed by atoms with E-state index in [1.807, 2.05) is 54.5 Å². The lowest BCUT2D eigenvalue weighted by Crippen LogP contribution is -2.41. The van der Waals surface area contributed by atoms with E-state index in [0.29, 0.717) is 11.2 Å². The van der Waals surface area contributed by atoms with Crippen LogP contribution in [0.15, 0.2) is 18.2 Å². The minimum atomic E-state index is -0.556. The van der Waals surface area contributed by atoms with Crippen molar-refractivity contribution < 1.29 is 19.2 Å². The van der Waals surface area contributed by atoms with E-state index in [1.165, 1.54) is 0 Å². The van der Waals surface area contributed by atoms with Crippen LogP contribution in [0.2, 0.25) is 0 Å². The molecular weight excluding hydrogens is 267 g/mol. The Labute approximate surface area is 127 Å². The average Bonchev–Trinajstić information content (AvgIpc) is 2.49. The van der Waals surface area contributed by atoms with Gasteiger partial charge in [-0.05, 0) is 54.5 Å². The Balaban J connectivity index is 2.40. The molecule has 1 fully saturated rings. The molecule has 21 heavy (non-hydrogen) atoms. The lowest BCUT2D eigenvalue weighted by molar-refractivity contribution is 0.00578. The fraction of sp³-hybridized carbons (Fsp3) is 0.625. The lowest BCUT2D eigenvalue weighted by Gasteiger charge is -2.32. The quantitative estimate of drug-likeness (QED) is 0.851. The number of ether oxygens (including phenoxy) is 1. The summed E-state index contributed by atoms with van der Waals surface area (Å²) in [6, 6.07) is 5.24. The summed E-state index contributed by atoms with van der Waals surface area (Å²) in [5.74, 6) is 0.514. The van der Waals surface area contributed by atoms with Gasteiger partial charge in [0.2, 0.25) is 0 Å². The number of phenols is 1. The topological polar surface area (TPSA) is 47.9 Å². The average molecular weight is 292 g/mol. The molecule has 0 aromatic heterocycles. The van der Waals surface area contributed by atoms with E-state index in [-0.39, 0.29) is 5.75 Å². The highest BCUT2D eigenvalue weighted by atomic mass is 16.7. The zero-order valence-corrected chi connectivity index (χ0v) is 14.0. The SMILES string of the molecule is CC(C)(C)Oc1c(O)cccc1B1OC(C)(C)C(C)(C)O1. The maximum absolute atomic E-state index is 10.1. The van der Waals surface area contributed by atoms with Gasteiger partial charge in [-0.2, -0.15) is 0 Å².